The quantitative estimate of drug-likeness (QED) is 0.378. The summed E-state index contributed by atoms with van der Waals surface area (Å²) < 4.78 is 0. The first-order chi connectivity index (χ1) is 12.9. The van der Waals surface area contributed by atoms with Crippen LogP contribution < -0.4 is 10.2 Å². The third-order valence-corrected chi connectivity index (χ3v) is 4.64. The molecule has 8 heteroatoms. The fourth-order valence-corrected chi connectivity index (χ4v) is 2.89. The van der Waals surface area contributed by atoms with Gasteiger partial charge >= 0.3 is 6.03 Å². The number of hydrogen-bond donors (Lipinski definition) is 1. The average Bonchev–Trinajstić information content (AvgIpc) is 2.66. The van der Waals surface area contributed by atoms with E-state index < -0.39 is 17.8 Å². The predicted molar refractivity (Wildman–Crippen MR) is 103 cm³/mol. The zero-order valence-corrected chi connectivity index (χ0v) is 15.9. The van der Waals surface area contributed by atoms with Gasteiger partial charge < -0.3 is 0 Å². The van der Waals surface area contributed by atoms with E-state index in [9.17, 15) is 14.4 Å². The van der Waals surface area contributed by atoms with E-state index in [1.807, 2.05) is 18.4 Å². The van der Waals surface area contributed by atoms with Gasteiger partial charge in [-0.25, -0.2) is 19.7 Å². The summed E-state index contributed by atoms with van der Waals surface area (Å²) in [4.78, 5) is 46.4. The Bertz CT molecular complexity index is 921. The molecule has 1 saturated heterocycles. The molecule has 1 aliphatic rings. The molecule has 7 nitrogen and oxygen atoms in total. The van der Waals surface area contributed by atoms with E-state index in [-0.39, 0.29) is 5.57 Å². The number of nitrogens with one attached hydrogen (secondary N) is 1. The maximum atomic E-state index is 12.8. The van der Waals surface area contributed by atoms with E-state index in [0.29, 0.717) is 22.3 Å². The lowest BCUT2D eigenvalue weighted by molar-refractivity contribution is -0.122. The maximum Gasteiger partial charge on any atom is 0.335 e. The summed E-state index contributed by atoms with van der Waals surface area (Å²) in [7, 11) is 0. The molecule has 3 rings (SSSR count). The number of carbonyl (C=O) groups is 3. The number of aromatic nitrogens is 2. The van der Waals surface area contributed by atoms with Crippen molar-refractivity contribution in [2.45, 2.75) is 24.9 Å². The summed E-state index contributed by atoms with van der Waals surface area (Å²) >= 11 is 1.38. The van der Waals surface area contributed by atoms with Gasteiger partial charge in [0.15, 0.2) is 5.16 Å². The minimum atomic E-state index is -0.770. The Morgan fingerprint density at radius 3 is 2.26 bits per heavy atom. The van der Waals surface area contributed by atoms with Gasteiger partial charge in [0.25, 0.3) is 11.8 Å². The van der Waals surface area contributed by atoms with Crippen LogP contribution in [-0.4, -0.2) is 34.1 Å². The van der Waals surface area contributed by atoms with Crippen molar-refractivity contribution in [2.75, 3.05) is 11.2 Å². The zero-order valence-electron chi connectivity index (χ0n) is 15.1. The first-order valence-electron chi connectivity index (χ1n) is 8.28. The van der Waals surface area contributed by atoms with Crippen molar-refractivity contribution in [2.24, 2.45) is 0 Å². The van der Waals surface area contributed by atoms with Crippen LogP contribution in [-0.2, 0) is 9.59 Å². The summed E-state index contributed by atoms with van der Waals surface area (Å²) in [6, 6.07) is 6.33. The van der Waals surface area contributed by atoms with E-state index in [1.54, 1.807) is 12.1 Å². The topological polar surface area (TPSA) is 92.3 Å². The lowest BCUT2D eigenvalue weighted by atomic mass is 10.0. The number of imide groups is 2. The normalized spacial score (nSPS) is 16.2. The molecule has 2 aromatic rings. The van der Waals surface area contributed by atoms with Crippen molar-refractivity contribution in [3.05, 3.63) is 53.4 Å². The van der Waals surface area contributed by atoms with E-state index >= 15 is 0 Å². The number of carbonyl (C=O) groups excluding carboxylic acids is 3. The van der Waals surface area contributed by atoms with Crippen LogP contribution in [0.2, 0.25) is 0 Å². The largest absolute Gasteiger partial charge is 0.335 e. The predicted octanol–water partition coefficient (Wildman–Crippen LogP) is 2.99. The van der Waals surface area contributed by atoms with E-state index in [2.05, 4.69) is 29.1 Å². The van der Waals surface area contributed by atoms with Crippen LogP contribution in [0.4, 0.5) is 10.5 Å². The molecular formula is C19H18N4O3S. The van der Waals surface area contributed by atoms with Crippen LogP contribution in [0.25, 0.3) is 6.08 Å². The van der Waals surface area contributed by atoms with E-state index in [0.717, 1.165) is 10.5 Å². The molecule has 27 heavy (non-hydrogen) atoms. The lowest BCUT2D eigenvalue weighted by Crippen LogP contribution is -2.54. The average molecular weight is 382 g/mol. The Labute approximate surface area is 160 Å². The third kappa shape index (κ3) is 3.90. The van der Waals surface area contributed by atoms with Gasteiger partial charge in [0.1, 0.15) is 5.57 Å². The van der Waals surface area contributed by atoms with Crippen molar-refractivity contribution in [1.82, 2.24) is 15.3 Å². The van der Waals surface area contributed by atoms with E-state index in [4.69, 9.17) is 0 Å². The summed E-state index contributed by atoms with van der Waals surface area (Å²) in [5, 5.41) is 2.78. The Kier molecular flexibility index (Phi) is 5.36. The minimum absolute atomic E-state index is 0.150. The number of hydrogen-bond acceptors (Lipinski definition) is 6. The Balaban J connectivity index is 1.94. The highest BCUT2D eigenvalue weighted by Crippen LogP contribution is 2.24. The SMILES string of the molecule is CSc1ncc(/C=C2\C(=O)NC(=O)N(c3ccc(C(C)C)cc3)C2=O)cn1. The fourth-order valence-electron chi connectivity index (χ4n) is 2.57. The molecule has 2 heterocycles. The van der Waals surface area contributed by atoms with Gasteiger partial charge in [-0.15, -0.1) is 0 Å². The van der Waals surface area contributed by atoms with Crippen molar-refractivity contribution in [3.8, 4) is 0 Å². The van der Waals surface area contributed by atoms with Crippen molar-refractivity contribution in [3.63, 3.8) is 0 Å². The minimum Gasteiger partial charge on any atom is -0.273 e. The highest BCUT2D eigenvalue weighted by molar-refractivity contribution is 7.98. The molecule has 0 saturated carbocycles. The Morgan fingerprint density at radius 2 is 1.70 bits per heavy atom. The molecule has 0 radical (unpaired) electrons. The molecule has 0 spiro atoms. The summed E-state index contributed by atoms with van der Waals surface area (Å²) in [6.45, 7) is 4.11. The maximum absolute atomic E-state index is 12.8. The summed E-state index contributed by atoms with van der Waals surface area (Å²) in [6.07, 6.45) is 6.26. The second kappa shape index (κ2) is 7.71. The highest BCUT2D eigenvalue weighted by Gasteiger charge is 2.36. The Hall–Kier alpha value is -3.00. The standard InChI is InChI=1S/C19H18N4O3S/c1-11(2)13-4-6-14(7-5-13)23-17(25)15(16(24)22-19(23)26)8-12-9-20-18(27-3)21-10-12/h4-11H,1-3H3,(H,22,24,26)/b15-8+. The molecule has 1 N–H and O–H groups in total. The molecule has 0 bridgehead atoms. The first-order valence-corrected chi connectivity index (χ1v) is 9.50. The number of anilines is 1. The third-order valence-electron chi connectivity index (χ3n) is 4.06. The lowest BCUT2D eigenvalue weighted by Gasteiger charge is -2.26. The number of rotatable bonds is 4. The summed E-state index contributed by atoms with van der Waals surface area (Å²) in [5.41, 5.74) is 1.83. The molecular weight excluding hydrogens is 364 g/mol. The number of barbiturate groups is 1. The van der Waals surface area contributed by atoms with E-state index in [1.165, 1.54) is 30.2 Å². The smallest absolute Gasteiger partial charge is 0.273 e. The second-order valence-corrected chi connectivity index (χ2v) is 6.98. The molecule has 1 aromatic heterocycles. The zero-order chi connectivity index (χ0) is 19.6. The van der Waals surface area contributed by atoms with Crippen molar-refractivity contribution >= 4 is 41.4 Å². The molecule has 4 amide bonds. The molecule has 0 unspecified atom stereocenters. The molecule has 1 aromatic carbocycles. The number of thioether (sulfide) groups is 1. The fraction of sp³-hybridized carbons (Fsp3) is 0.211. The highest BCUT2D eigenvalue weighted by atomic mass is 32.2. The molecule has 138 valence electrons. The second-order valence-electron chi connectivity index (χ2n) is 6.21. The van der Waals surface area contributed by atoms with Gasteiger partial charge in [-0.2, -0.15) is 0 Å². The Morgan fingerprint density at radius 1 is 1.07 bits per heavy atom. The first kappa shape index (κ1) is 18.8. The van der Waals surface area contributed by atoms with Crippen LogP contribution >= 0.6 is 11.8 Å². The molecule has 1 aliphatic heterocycles. The molecule has 0 atom stereocenters. The van der Waals surface area contributed by atoms with Crippen LogP contribution in [0.3, 0.4) is 0 Å². The van der Waals surface area contributed by atoms with Gasteiger partial charge in [0, 0.05) is 18.0 Å². The van der Waals surface area contributed by atoms with Crippen LogP contribution in [0.1, 0.15) is 30.9 Å². The molecule has 1 fully saturated rings. The monoisotopic (exact) mass is 382 g/mol. The molecule has 0 aliphatic carbocycles. The van der Waals surface area contributed by atoms with Crippen LogP contribution in [0, 0.1) is 0 Å². The van der Waals surface area contributed by atoms with Gasteiger partial charge in [0.05, 0.1) is 5.69 Å². The van der Waals surface area contributed by atoms with Gasteiger partial charge in [-0.05, 0) is 35.9 Å². The number of benzene rings is 1. The summed E-state index contributed by atoms with van der Waals surface area (Å²) in [5.74, 6) is -1.10. The van der Waals surface area contributed by atoms with Gasteiger partial charge in [-0.1, -0.05) is 37.7 Å². The number of nitrogens with zero attached hydrogens (tertiary/aromatic N) is 3. The van der Waals surface area contributed by atoms with Crippen molar-refractivity contribution < 1.29 is 14.4 Å². The number of amides is 4. The van der Waals surface area contributed by atoms with Gasteiger partial charge in [0.2, 0.25) is 0 Å². The van der Waals surface area contributed by atoms with Crippen LogP contribution in [0.15, 0.2) is 47.4 Å². The number of urea groups is 1. The van der Waals surface area contributed by atoms with Crippen molar-refractivity contribution in [1.29, 1.82) is 0 Å². The van der Waals surface area contributed by atoms with Crippen LogP contribution in [0.5, 0.6) is 0 Å². The van der Waals surface area contributed by atoms with Gasteiger partial charge in [-0.3, -0.25) is 14.9 Å².